The normalized spacial score (nSPS) is 18.1. The highest BCUT2D eigenvalue weighted by Gasteiger charge is 2.23. The van der Waals surface area contributed by atoms with Crippen LogP contribution in [0.4, 0.5) is 4.39 Å². The Morgan fingerprint density at radius 3 is 2.85 bits per heavy atom. The molecule has 106 valence electrons. The van der Waals surface area contributed by atoms with E-state index in [0.29, 0.717) is 17.4 Å². The predicted octanol–water partition coefficient (Wildman–Crippen LogP) is 1.24. The van der Waals surface area contributed by atoms with Crippen LogP contribution in [-0.4, -0.2) is 46.2 Å². The maximum absolute atomic E-state index is 12.8. The number of halogens is 1. The van der Waals surface area contributed by atoms with E-state index in [1.165, 1.54) is 6.07 Å². The topological polar surface area (TPSA) is 67.1 Å². The van der Waals surface area contributed by atoms with Crippen LogP contribution in [0.2, 0.25) is 0 Å². The average molecular weight is 277 g/mol. The second-order valence-electron chi connectivity index (χ2n) is 4.78. The molecule has 0 spiro atoms. The largest absolute Gasteiger partial charge is 0.337 e. The third-order valence-corrected chi connectivity index (χ3v) is 3.45. The number of piperazine rings is 1. The first-order valence-electron chi connectivity index (χ1n) is 6.64. The van der Waals surface area contributed by atoms with Crippen molar-refractivity contribution in [2.75, 3.05) is 26.2 Å². The van der Waals surface area contributed by atoms with Crippen LogP contribution in [0.15, 0.2) is 22.9 Å². The Kier molecular flexibility index (Phi) is 3.70. The smallest absolute Gasteiger partial charge is 0.244 e. The lowest BCUT2D eigenvalue weighted by Crippen LogP contribution is -2.44. The zero-order valence-electron chi connectivity index (χ0n) is 11.2. The van der Waals surface area contributed by atoms with Gasteiger partial charge in [-0.2, -0.15) is 4.98 Å². The molecular weight excluding hydrogens is 261 g/mol. The molecule has 1 atom stereocenters. The maximum atomic E-state index is 12.8. The zero-order valence-corrected chi connectivity index (χ0v) is 11.2. The minimum Gasteiger partial charge on any atom is -0.337 e. The van der Waals surface area contributed by atoms with Crippen molar-refractivity contribution in [3.05, 3.63) is 30.0 Å². The number of nitrogens with zero attached hydrogens (tertiary/aromatic N) is 4. The quantitative estimate of drug-likeness (QED) is 0.910. The van der Waals surface area contributed by atoms with Gasteiger partial charge in [0.2, 0.25) is 11.7 Å². The Hall–Kier alpha value is -1.86. The fourth-order valence-electron chi connectivity index (χ4n) is 2.24. The Balaban J connectivity index is 1.77. The van der Waals surface area contributed by atoms with E-state index in [1.807, 2.05) is 6.92 Å². The van der Waals surface area contributed by atoms with Crippen LogP contribution in [0.3, 0.4) is 0 Å². The molecule has 3 heterocycles. The van der Waals surface area contributed by atoms with Crippen molar-refractivity contribution in [1.82, 2.24) is 25.3 Å². The molecule has 0 aromatic carbocycles. The molecule has 1 aliphatic heterocycles. The summed E-state index contributed by atoms with van der Waals surface area (Å²) >= 11 is 0. The molecule has 2 aromatic heterocycles. The molecule has 6 nitrogen and oxygen atoms in total. The summed E-state index contributed by atoms with van der Waals surface area (Å²) in [4.78, 5) is 10.6. The molecule has 0 aliphatic carbocycles. The lowest BCUT2D eigenvalue weighted by molar-refractivity contribution is 0.154. The van der Waals surface area contributed by atoms with Gasteiger partial charge in [-0.3, -0.25) is 4.90 Å². The summed E-state index contributed by atoms with van der Waals surface area (Å²) < 4.78 is 18.1. The van der Waals surface area contributed by atoms with Crippen molar-refractivity contribution in [2.24, 2.45) is 0 Å². The SMILES string of the molecule is CC(c1nc(-c2ccc(F)cn2)no1)N1CCNCC1. The van der Waals surface area contributed by atoms with E-state index in [0.717, 1.165) is 32.4 Å². The van der Waals surface area contributed by atoms with Gasteiger partial charge in [-0.15, -0.1) is 0 Å². The minimum absolute atomic E-state index is 0.0683. The molecule has 0 bridgehead atoms. The second-order valence-corrected chi connectivity index (χ2v) is 4.78. The lowest BCUT2D eigenvalue weighted by atomic mass is 10.2. The van der Waals surface area contributed by atoms with Crippen molar-refractivity contribution in [3.8, 4) is 11.5 Å². The molecule has 2 aromatic rings. The first kappa shape index (κ1) is 13.1. The summed E-state index contributed by atoms with van der Waals surface area (Å²) in [6.07, 6.45) is 1.14. The van der Waals surface area contributed by atoms with Crippen LogP contribution in [0.5, 0.6) is 0 Å². The Morgan fingerprint density at radius 1 is 1.35 bits per heavy atom. The van der Waals surface area contributed by atoms with Gasteiger partial charge in [0.1, 0.15) is 11.5 Å². The van der Waals surface area contributed by atoms with Gasteiger partial charge in [0.05, 0.1) is 12.2 Å². The average Bonchev–Trinajstić information content (AvgIpc) is 2.98. The molecule has 0 radical (unpaired) electrons. The molecule has 20 heavy (non-hydrogen) atoms. The molecular formula is C13H16FN5O. The summed E-state index contributed by atoms with van der Waals surface area (Å²) in [6, 6.07) is 2.94. The molecule has 1 N–H and O–H groups in total. The van der Waals surface area contributed by atoms with Crippen molar-refractivity contribution in [2.45, 2.75) is 13.0 Å². The Labute approximate surface area is 116 Å². The highest BCUT2D eigenvalue weighted by Crippen LogP contribution is 2.21. The third kappa shape index (κ3) is 2.68. The zero-order chi connectivity index (χ0) is 13.9. The fraction of sp³-hybridized carbons (Fsp3) is 0.462. The summed E-state index contributed by atoms with van der Waals surface area (Å²) in [5.41, 5.74) is 0.508. The maximum Gasteiger partial charge on any atom is 0.244 e. The molecule has 3 rings (SSSR count). The van der Waals surface area contributed by atoms with Crippen LogP contribution in [0.1, 0.15) is 18.9 Å². The number of rotatable bonds is 3. The van der Waals surface area contributed by atoms with Crippen LogP contribution < -0.4 is 5.32 Å². The van der Waals surface area contributed by atoms with Crippen LogP contribution in [0.25, 0.3) is 11.5 Å². The molecule has 1 fully saturated rings. The molecule has 7 heteroatoms. The summed E-state index contributed by atoms with van der Waals surface area (Å²) in [5.74, 6) is 0.571. The van der Waals surface area contributed by atoms with E-state index in [-0.39, 0.29) is 11.9 Å². The van der Waals surface area contributed by atoms with Gasteiger partial charge >= 0.3 is 0 Å². The van der Waals surface area contributed by atoms with Gasteiger partial charge in [-0.05, 0) is 19.1 Å². The van der Waals surface area contributed by atoms with Gasteiger partial charge in [0.25, 0.3) is 0 Å². The molecule has 1 saturated heterocycles. The second kappa shape index (κ2) is 5.64. The lowest BCUT2D eigenvalue weighted by Gasteiger charge is -2.30. The molecule has 0 amide bonds. The van der Waals surface area contributed by atoms with Gasteiger partial charge in [0, 0.05) is 26.2 Å². The van der Waals surface area contributed by atoms with Crippen molar-refractivity contribution >= 4 is 0 Å². The van der Waals surface area contributed by atoms with Gasteiger partial charge in [-0.1, -0.05) is 5.16 Å². The van der Waals surface area contributed by atoms with E-state index >= 15 is 0 Å². The van der Waals surface area contributed by atoms with Crippen molar-refractivity contribution in [3.63, 3.8) is 0 Å². The van der Waals surface area contributed by atoms with Gasteiger partial charge in [0.15, 0.2) is 0 Å². The monoisotopic (exact) mass is 277 g/mol. The minimum atomic E-state index is -0.383. The number of hydrogen-bond donors (Lipinski definition) is 1. The third-order valence-electron chi connectivity index (χ3n) is 3.45. The van der Waals surface area contributed by atoms with Crippen LogP contribution in [0, 0.1) is 5.82 Å². The molecule has 0 saturated carbocycles. The standard InChI is InChI=1S/C13H16FN5O/c1-9(19-6-4-15-5-7-19)13-17-12(18-20-13)11-3-2-10(14)8-16-11/h2-3,8-9,15H,4-7H2,1H3. The number of pyridine rings is 1. The first-order chi connectivity index (χ1) is 9.74. The number of hydrogen-bond acceptors (Lipinski definition) is 6. The van der Waals surface area contributed by atoms with E-state index < -0.39 is 0 Å². The number of aromatic nitrogens is 3. The Morgan fingerprint density at radius 2 is 2.15 bits per heavy atom. The van der Waals surface area contributed by atoms with Crippen LogP contribution >= 0.6 is 0 Å². The van der Waals surface area contributed by atoms with E-state index in [2.05, 4.69) is 25.3 Å². The van der Waals surface area contributed by atoms with Gasteiger partial charge < -0.3 is 9.84 Å². The fourth-order valence-corrected chi connectivity index (χ4v) is 2.24. The van der Waals surface area contributed by atoms with Crippen molar-refractivity contribution < 1.29 is 8.91 Å². The van der Waals surface area contributed by atoms with Crippen LogP contribution in [-0.2, 0) is 0 Å². The molecule has 1 aliphatic rings. The van der Waals surface area contributed by atoms with E-state index in [4.69, 9.17) is 4.52 Å². The summed E-state index contributed by atoms with van der Waals surface area (Å²) in [7, 11) is 0. The first-order valence-corrected chi connectivity index (χ1v) is 6.64. The van der Waals surface area contributed by atoms with Gasteiger partial charge in [-0.25, -0.2) is 9.37 Å². The summed E-state index contributed by atoms with van der Waals surface area (Å²) in [6.45, 7) is 5.87. The molecule has 1 unspecified atom stereocenters. The Bertz CT molecular complexity index is 564. The predicted molar refractivity (Wildman–Crippen MR) is 70.3 cm³/mol. The van der Waals surface area contributed by atoms with Crippen molar-refractivity contribution in [1.29, 1.82) is 0 Å². The number of nitrogens with one attached hydrogen (secondary N) is 1. The highest BCUT2D eigenvalue weighted by atomic mass is 19.1. The summed E-state index contributed by atoms with van der Waals surface area (Å²) in [5, 5.41) is 7.22. The van der Waals surface area contributed by atoms with E-state index in [9.17, 15) is 4.39 Å². The highest BCUT2D eigenvalue weighted by molar-refractivity contribution is 5.47. The van der Waals surface area contributed by atoms with E-state index in [1.54, 1.807) is 6.07 Å².